The lowest BCUT2D eigenvalue weighted by atomic mass is 10.3. The fourth-order valence-corrected chi connectivity index (χ4v) is 2.92. The molecule has 5 nitrogen and oxygen atoms in total. The van der Waals surface area contributed by atoms with Gasteiger partial charge in [-0.25, -0.2) is 8.42 Å². The Balaban J connectivity index is 2.20. The molecule has 0 aliphatic rings. The van der Waals surface area contributed by atoms with Gasteiger partial charge in [0.15, 0.2) is 0 Å². The van der Waals surface area contributed by atoms with E-state index in [0.717, 1.165) is 0 Å². The molecule has 1 N–H and O–H groups in total. The average molecular weight is 321 g/mol. The van der Waals surface area contributed by atoms with E-state index in [2.05, 4.69) is 4.72 Å². The second-order valence-corrected chi connectivity index (χ2v) is 6.66. The molecule has 0 saturated heterocycles. The number of hydrogen-bond acceptors (Lipinski definition) is 4. The highest BCUT2D eigenvalue weighted by atomic mass is 32.2. The standard InChI is InChI=1S/C16H19NO4S/c1-12(2)21-15-6-4-5-13(11-15)17-22(18,19)16-9-7-14(20-3)8-10-16/h4-12,17H,1-3H3. The molecule has 0 bridgehead atoms. The predicted octanol–water partition coefficient (Wildman–Crippen LogP) is 3.28. The number of benzene rings is 2. The molecule has 0 unspecified atom stereocenters. The van der Waals surface area contributed by atoms with Crippen molar-refractivity contribution in [2.75, 3.05) is 11.8 Å². The molecule has 2 rings (SSSR count). The Kier molecular flexibility index (Phi) is 4.92. The van der Waals surface area contributed by atoms with Crippen molar-refractivity contribution in [3.63, 3.8) is 0 Å². The van der Waals surface area contributed by atoms with Gasteiger partial charge in [-0.05, 0) is 50.2 Å². The Hall–Kier alpha value is -2.21. The third-order valence-electron chi connectivity index (χ3n) is 2.83. The summed E-state index contributed by atoms with van der Waals surface area (Å²) in [6.45, 7) is 3.82. The Morgan fingerprint density at radius 3 is 2.27 bits per heavy atom. The molecule has 0 aromatic heterocycles. The molecular formula is C16H19NO4S. The Morgan fingerprint density at radius 1 is 1.00 bits per heavy atom. The van der Waals surface area contributed by atoms with E-state index in [9.17, 15) is 8.42 Å². The molecule has 22 heavy (non-hydrogen) atoms. The molecule has 0 atom stereocenters. The second kappa shape index (κ2) is 6.70. The molecule has 6 heteroatoms. The summed E-state index contributed by atoms with van der Waals surface area (Å²) in [4.78, 5) is 0.170. The zero-order chi connectivity index (χ0) is 16.2. The molecule has 0 heterocycles. The van der Waals surface area contributed by atoms with Crippen LogP contribution in [0.4, 0.5) is 5.69 Å². The maximum atomic E-state index is 12.3. The lowest BCUT2D eigenvalue weighted by molar-refractivity contribution is 0.242. The van der Waals surface area contributed by atoms with E-state index in [1.807, 2.05) is 13.8 Å². The van der Waals surface area contributed by atoms with Crippen LogP contribution >= 0.6 is 0 Å². The maximum Gasteiger partial charge on any atom is 0.261 e. The van der Waals surface area contributed by atoms with Crippen LogP contribution in [0.3, 0.4) is 0 Å². The van der Waals surface area contributed by atoms with Crippen molar-refractivity contribution in [3.8, 4) is 11.5 Å². The number of ether oxygens (including phenoxy) is 2. The molecule has 0 aliphatic carbocycles. The van der Waals surface area contributed by atoms with Crippen molar-refractivity contribution in [1.29, 1.82) is 0 Å². The lowest BCUT2D eigenvalue weighted by Crippen LogP contribution is -2.13. The Bertz CT molecular complexity index is 724. The summed E-state index contributed by atoms with van der Waals surface area (Å²) in [5.74, 6) is 1.22. The quantitative estimate of drug-likeness (QED) is 0.887. The van der Waals surface area contributed by atoms with Crippen molar-refractivity contribution in [2.45, 2.75) is 24.8 Å². The minimum Gasteiger partial charge on any atom is -0.497 e. The van der Waals surface area contributed by atoms with E-state index >= 15 is 0 Å². The highest BCUT2D eigenvalue weighted by molar-refractivity contribution is 7.92. The minimum absolute atomic E-state index is 0.0217. The van der Waals surface area contributed by atoms with Gasteiger partial charge in [0.05, 0.1) is 23.8 Å². The first-order chi connectivity index (χ1) is 10.4. The smallest absolute Gasteiger partial charge is 0.261 e. The summed E-state index contributed by atoms with van der Waals surface area (Å²) in [6.07, 6.45) is 0.0217. The molecule has 2 aromatic carbocycles. The molecule has 0 radical (unpaired) electrons. The fraction of sp³-hybridized carbons (Fsp3) is 0.250. The average Bonchev–Trinajstić information content (AvgIpc) is 2.46. The van der Waals surface area contributed by atoms with Crippen molar-refractivity contribution < 1.29 is 17.9 Å². The van der Waals surface area contributed by atoms with Gasteiger partial charge in [-0.15, -0.1) is 0 Å². The molecule has 0 amide bonds. The van der Waals surface area contributed by atoms with Crippen LogP contribution in [0.15, 0.2) is 53.4 Å². The van der Waals surface area contributed by atoms with Gasteiger partial charge in [0.2, 0.25) is 0 Å². The summed E-state index contributed by atoms with van der Waals surface area (Å²) in [5.41, 5.74) is 0.453. The molecule has 118 valence electrons. The second-order valence-electron chi connectivity index (χ2n) is 4.98. The number of sulfonamides is 1. The van der Waals surface area contributed by atoms with Crippen LogP contribution in [-0.2, 0) is 10.0 Å². The van der Waals surface area contributed by atoms with Gasteiger partial charge in [-0.2, -0.15) is 0 Å². The molecule has 0 fully saturated rings. The topological polar surface area (TPSA) is 64.6 Å². The zero-order valence-electron chi connectivity index (χ0n) is 12.7. The van der Waals surface area contributed by atoms with Crippen molar-refractivity contribution >= 4 is 15.7 Å². The van der Waals surface area contributed by atoms with Gasteiger partial charge in [-0.3, -0.25) is 4.72 Å². The maximum absolute atomic E-state index is 12.3. The highest BCUT2D eigenvalue weighted by Crippen LogP contribution is 2.22. The van der Waals surface area contributed by atoms with Gasteiger partial charge in [0.1, 0.15) is 11.5 Å². The molecule has 2 aromatic rings. The Morgan fingerprint density at radius 2 is 1.68 bits per heavy atom. The monoisotopic (exact) mass is 321 g/mol. The summed E-state index contributed by atoms with van der Waals surface area (Å²) in [6, 6.07) is 13.1. The first kappa shape index (κ1) is 16.2. The summed E-state index contributed by atoms with van der Waals surface area (Å²) < 4.78 is 37.8. The number of anilines is 1. The fourth-order valence-electron chi connectivity index (χ4n) is 1.87. The van der Waals surface area contributed by atoms with E-state index in [4.69, 9.17) is 9.47 Å². The van der Waals surface area contributed by atoms with Crippen LogP contribution in [0.2, 0.25) is 0 Å². The molecular weight excluding hydrogens is 302 g/mol. The molecule has 0 saturated carbocycles. The number of methoxy groups -OCH3 is 1. The van der Waals surface area contributed by atoms with E-state index in [0.29, 0.717) is 17.2 Å². The third-order valence-corrected chi connectivity index (χ3v) is 4.22. The summed E-state index contributed by atoms with van der Waals surface area (Å²) in [7, 11) is -2.11. The largest absolute Gasteiger partial charge is 0.497 e. The number of nitrogens with one attached hydrogen (secondary N) is 1. The number of hydrogen-bond donors (Lipinski definition) is 1. The normalized spacial score (nSPS) is 11.3. The van der Waals surface area contributed by atoms with E-state index in [1.54, 1.807) is 36.4 Å². The van der Waals surface area contributed by atoms with Crippen molar-refractivity contribution in [2.24, 2.45) is 0 Å². The Labute approximate surface area is 130 Å². The van der Waals surface area contributed by atoms with Gasteiger partial charge >= 0.3 is 0 Å². The summed E-state index contributed by atoms with van der Waals surface area (Å²) in [5, 5.41) is 0. The predicted molar refractivity (Wildman–Crippen MR) is 86.0 cm³/mol. The number of rotatable bonds is 6. The van der Waals surface area contributed by atoms with Crippen LogP contribution in [0.5, 0.6) is 11.5 Å². The van der Waals surface area contributed by atoms with Crippen LogP contribution in [0.1, 0.15) is 13.8 Å². The third kappa shape index (κ3) is 4.14. The van der Waals surface area contributed by atoms with Gasteiger partial charge < -0.3 is 9.47 Å². The minimum atomic E-state index is -3.64. The first-order valence-corrected chi connectivity index (χ1v) is 8.32. The van der Waals surface area contributed by atoms with E-state index in [1.165, 1.54) is 19.2 Å². The van der Waals surface area contributed by atoms with Crippen LogP contribution in [-0.4, -0.2) is 21.6 Å². The molecule has 0 aliphatic heterocycles. The first-order valence-electron chi connectivity index (χ1n) is 6.84. The van der Waals surface area contributed by atoms with Crippen LogP contribution in [0.25, 0.3) is 0 Å². The molecule has 0 spiro atoms. The summed E-state index contributed by atoms with van der Waals surface area (Å²) >= 11 is 0. The van der Waals surface area contributed by atoms with Crippen molar-refractivity contribution in [1.82, 2.24) is 0 Å². The van der Waals surface area contributed by atoms with Crippen LogP contribution < -0.4 is 14.2 Å². The van der Waals surface area contributed by atoms with Gasteiger partial charge in [-0.1, -0.05) is 6.07 Å². The lowest BCUT2D eigenvalue weighted by Gasteiger charge is -2.12. The van der Waals surface area contributed by atoms with Crippen LogP contribution in [0, 0.1) is 0 Å². The zero-order valence-corrected chi connectivity index (χ0v) is 13.6. The van der Waals surface area contributed by atoms with E-state index < -0.39 is 10.0 Å². The SMILES string of the molecule is COc1ccc(S(=O)(=O)Nc2cccc(OC(C)C)c2)cc1. The van der Waals surface area contributed by atoms with Gasteiger partial charge in [0.25, 0.3) is 10.0 Å². The van der Waals surface area contributed by atoms with Gasteiger partial charge in [0, 0.05) is 6.07 Å². The van der Waals surface area contributed by atoms with E-state index in [-0.39, 0.29) is 11.0 Å². The van der Waals surface area contributed by atoms with Crippen molar-refractivity contribution in [3.05, 3.63) is 48.5 Å². The highest BCUT2D eigenvalue weighted by Gasteiger charge is 2.14.